The first kappa shape index (κ1) is 14.0. The van der Waals surface area contributed by atoms with Gasteiger partial charge in [0.05, 0.1) is 6.54 Å². The molecule has 5 nitrogen and oxygen atoms in total. The Morgan fingerprint density at radius 1 is 1.26 bits per heavy atom. The van der Waals surface area contributed by atoms with Crippen molar-refractivity contribution in [3.63, 3.8) is 0 Å². The molecule has 0 atom stereocenters. The molecule has 1 fully saturated rings. The Hall–Kier alpha value is -1.46. The molecular weight excluding hydrogens is 268 g/mol. The van der Waals surface area contributed by atoms with Crippen LogP contribution in [0, 0.1) is 5.92 Å². The maximum absolute atomic E-state index is 11.7. The molecule has 1 saturated carbocycles. The third-order valence-electron chi connectivity index (χ3n) is 3.07. The van der Waals surface area contributed by atoms with Crippen LogP contribution in [0.5, 0.6) is 11.5 Å². The highest BCUT2D eigenvalue weighted by Gasteiger charge is 2.20. The monoisotopic (exact) mass is 284 g/mol. The van der Waals surface area contributed by atoms with Gasteiger partial charge in [-0.1, -0.05) is 0 Å². The van der Waals surface area contributed by atoms with Crippen molar-refractivity contribution in [2.45, 2.75) is 12.8 Å². The third kappa shape index (κ3) is 3.75. The first-order valence-electron chi connectivity index (χ1n) is 6.21. The molecule has 19 heavy (non-hydrogen) atoms. The minimum atomic E-state index is -0.0329. The molecule has 1 aliphatic carbocycles. The zero-order chi connectivity index (χ0) is 12.4. The number of carbonyl (C=O) groups excluding carboxylic acids is 1. The molecule has 0 radical (unpaired) electrons. The van der Waals surface area contributed by atoms with Gasteiger partial charge in [-0.05, 0) is 37.4 Å². The first-order chi connectivity index (χ1) is 8.81. The fraction of sp³-hybridized carbons (Fsp3) is 0.462. The van der Waals surface area contributed by atoms with E-state index < -0.39 is 0 Å². The van der Waals surface area contributed by atoms with E-state index in [0.29, 0.717) is 12.3 Å². The molecule has 0 unspecified atom stereocenters. The summed E-state index contributed by atoms with van der Waals surface area (Å²) in [5, 5.41) is 5.98. The molecule has 1 aromatic rings. The molecule has 104 valence electrons. The van der Waals surface area contributed by atoms with E-state index in [9.17, 15) is 4.79 Å². The average Bonchev–Trinajstić information content (AvgIpc) is 3.06. The Morgan fingerprint density at radius 2 is 2.05 bits per heavy atom. The normalized spacial score (nSPS) is 15.8. The van der Waals surface area contributed by atoms with Gasteiger partial charge in [0, 0.05) is 11.8 Å². The summed E-state index contributed by atoms with van der Waals surface area (Å²) in [4.78, 5) is 11.7. The minimum Gasteiger partial charge on any atom is -0.454 e. The largest absolute Gasteiger partial charge is 0.454 e. The Morgan fingerprint density at radius 3 is 2.84 bits per heavy atom. The number of rotatable bonds is 5. The number of fused-ring (bicyclic) bond motifs is 1. The van der Waals surface area contributed by atoms with Crippen LogP contribution in [0.1, 0.15) is 12.8 Å². The van der Waals surface area contributed by atoms with Crippen molar-refractivity contribution in [1.82, 2.24) is 5.32 Å². The van der Waals surface area contributed by atoms with Crippen LogP contribution >= 0.6 is 12.4 Å². The second kappa shape index (κ2) is 6.12. The van der Waals surface area contributed by atoms with E-state index in [-0.39, 0.29) is 25.1 Å². The second-order valence-electron chi connectivity index (χ2n) is 4.69. The van der Waals surface area contributed by atoms with Crippen LogP contribution in [-0.4, -0.2) is 25.8 Å². The van der Waals surface area contributed by atoms with E-state index in [2.05, 4.69) is 10.6 Å². The van der Waals surface area contributed by atoms with Gasteiger partial charge in [-0.25, -0.2) is 0 Å². The summed E-state index contributed by atoms with van der Waals surface area (Å²) in [5.74, 6) is 2.15. The Bertz CT molecular complexity index is 463. The van der Waals surface area contributed by atoms with Gasteiger partial charge < -0.3 is 20.1 Å². The van der Waals surface area contributed by atoms with Crippen LogP contribution in [0.25, 0.3) is 0 Å². The molecule has 1 heterocycles. The van der Waals surface area contributed by atoms with E-state index in [1.807, 2.05) is 6.07 Å². The highest BCUT2D eigenvalue weighted by atomic mass is 35.5. The summed E-state index contributed by atoms with van der Waals surface area (Å²) < 4.78 is 10.5. The zero-order valence-electron chi connectivity index (χ0n) is 10.5. The fourth-order valence-electron chi connectivity index (χ4n) is 1.89. The number of amides is 1. The Kier molecular flexibility index (Phi) is 4.50. The molecule has 1 aromatic carbocycles. The van der Waals surface area contributed by atoms with Crippen molar-refractivity contribution in [1.29, 1.82) is 0 Å². The number of hydrogen-bond acceptors (Lipinski definition) is 4. The van der Waals surface area contributed by atoms with Crippen LogP contribution in [-0.2, 0) is 4.79 Å². The summed E-state index contributed by atoms with van der Waals surface area (Å²) >= 11 is 0. The summed E-state index contributed by atoms with van der Waals surface area (Å²) in [6.07, 6.45) is 2.58. The average molecular weight is 285 g/mol. The fourth-order valence-corrected chi connectivity index (χ4v) is 1.89. The SMILES string of the molecule is Cl.O=C(CNCC1CC1)Nc1ccc2c(c1)OCO2. The van der Waals surface area contributed by atoms with E-state index in [1.165, 1.54) is 12.8 Å². The van der Waals surface area contributed by atoms with E-state index in [4.69, 9.17) is 9.47 Å². The van der Waals surface area contributed by atoms with Gasteiger partial charge in [0.2, 0.25) is 12.7 Å². The molecule has 1 aliphatic heterocycles. The van der Waals surface area contributed by atoms with Crippen molar-refractivity contribution >= 4 is 24.0 Å². The minimum absolute atomic E-state index is 0. The predicted octanol–water partition coefficient (Wildman–Crippen LogP) is 1.78. The maximum atomic E-state index is 11.7. The summed E-state index contributed by atoms with van der Waals surface area (Å²) in [7, 11) is 0. The van der Waals surface area contributed by atoms with Gasteiger partial charge in [0.15, 0.2) is 11.5 Å². The van der Waals surface area contributed by atoms with E-state index in [0.717, 1.165) is 23.9 Å². The number of halogens is 1. The van der Waals surface area contributed by atoms with Crippen molar-refractivity contribution < 1.29 is 14.3 Å². The van der Waals surface area contributed by atoms with Crippen molar-refractivity contribution in [3.05, 3.63) is 18.2 Å². The quantitative estimate of drug-likeness (QED) is 0.865. The van der Waals surface area contributed by atoms with Gasteiger partial charge in [0.25, 0.3) is 0 Å². The maximum Gasteiger partial charge on any atom is 0.238 e. The molecule has 0 spiro atoms. The lowest BCUT2D eigenvalue weighted by molar-refractivity contribution is -0.115. The number of nitrogens with one attached hydrogen (secondary N) is 2. The van der Waals surface area contributed by atoms with Crippen LogP contribution in [0.3, 0.4) is 0 Å². The molecule has 2 N–H and O–H groups in total. The summed E-state index contributed by atoms with van der Waals surface area (Å²) in [6.45, 7) is 1.54. The summed E-state index contributed by atoms with van der Waals surface area (Å²) in [5.41, 5.74) is 0.734. The molecule has 3 rings (SSSR count). The van der Waals surface area contributed by atoms with Crippen LogP contribution in [0.2, 0.25) is 0 Å². The molecule has 1 amide bonds. The molecule has 0 aromatic heterocycles. The van der Waals surface area contributed by atoms with Crippen LogP contribution in [0.4, 0.5) is 5.69 Å². The standard InChI is InChI=1S/C13H16N2O3.ClH/c16-13(7-14-6-9-1-2-9)15-10-3-4-11-12(5-10)18-8-17-11;/h3-5,9,14H,1-2,6-8H2,(H,15,16);1H. The second-order valence-corrected chi connectivity index (χ2v) is 4.69. The highest BCUT2D eigenvalue weighted by Crippen LogP contribution is 2.34. The van der Waals surface area contributed by atoms with Gasteiger partial charge in [-0.2, -0.15) is 0 Å². The lowest BCUT2D eigenvalue weighted by atomic mass is 10.3. The zero-order valence-corrected chi connectivity index (χ0v) is 11.3. The predicted molar refractivity (Wildman–Crippen MR) is 74.0 cm³/mol. The number of carbonyl (C=O) groups is 1. The molecule has 2 aliphatic rings. The van der Waals surface area contributed by atoms with E-state index >= 15 is 0 Å². The lowest BCUT2D eigenvalue weighted by Gasteiger charge is -2.07. The number of benzene rings is 1. The smallest absolute Gasteiger partial charge is 0.238 e. The van der Waals surface area contributed by atoms with Gasteiger partial charge >= 0.3 is 0 Å². The van der Waals surface area contributed by atoms with Crippen LogP contribution < -0.4 is 20.1 Å². The number of anilines is 1. The third-order valence-corrected chi connectivity index (χ3v) is 3.07. The summed E-state index contributed by atoms with van der Waals surface area (Å²) in [6, 6.07) is 5.39. The molecule has 6 heteroatoms. The van der Waals surface area contributed by atoms with Gasteiger partial charge in [-0.3, -0.25) is 4.79 Å². The van der Waals surface area contributed by atoms with Crippen molar-refractivity contribution in [3.8, 4) is 11.5 Å². The Labute approximate surface area is 118 Å². The molecule has 0 saturated heterocycles. The Balaban J connectivity index is 0.00000133. The topological polar surface area (TPSA) is 59.6 Å². The number of hydrogen-bond donors (Lipinski definition) is 2. The van der Waals surface area contributed by atoms with Gasteiger partial charge in [-0.15, -0.1) is 12.4 Å². The highest BCUT2D eigenvalue weighted by molar-refractivity contribution is 5.92. The van der Waals surface area contributed by atoms with Crippen molar-refractivity contribution in [2.24, 2.45) is 5.92 Å². The first-order valence-corrected chi connectivity index (χ1v) is 6.21. The van der Waals surface area contributed by atoms with Crippen LogP contribution in [0.15, 0.2) is 18.2 Å². The van der Waals surface area contributed by atoms with E-state index in [1.54, 1.807) is 12.1 Å². The molecular formula is C13H17ClN2O3. The number of ether oxygens (including phenoxy) is 2. The van der Waals surface area contributed by atoms with Crippen molar-refractivity contribution in [2.75, 3.05) is 25.2 Å². The molecule has 0 bridgehead atoms. The lowest BCUT2D eigenvalue weighted by Crippen LogP contribution is -2.29. The van der Waals surface area contributed by atoms with Gasteiger partial charge in [0.1, 0.15) is 0 Å².